The van der Waals surface area contributed by atoms with E-state index < -0.39 is 17.7 Å². The predicted octanol–water partition coefficient (Wildman–Crippen LogP) is 3.08. The molecular formula is C12H11F2NOS. The van der Waals surface area contributed by atoms with Crippen LogP contribution in [0.3, 0.4) is 0 Å². The molecule has 0 aliphatic carbocycles. The second kappa shape index (κ2) is 4.81. The Morgan fingerprint density at radius 2 is 1.88 bits per heavy atom. The largest absolute Gasteiger partial charge is 0.496 e. The summed E-state index contributed by atoms with van der Waals surface area (Å²) in [5, 5.41) is 1.82. The van der Waals surface area contributed by atoms with Gasteiger partial charge in [0.05, 0.1) is 18.0 Å². The van der Waals surface area contributed by atoms with Gasteiger partial charge in [-0.3, -0.25) is 0 Å². The number of ether oxygens (including phenoxy) is 1. The Balaban J connectivity index is 2.39. The van der Waals surface area contributed by atoms with E-state index in [0.29, 0.717) is 11.3 Å². The summed E-state index contributed by atoms with van der Waals surface area (Å²) in [6.45, 7) is 0. The van der Waals surface area contributed by atoms with E-state index in [2.05, 4.69) is 0 Å². The van der Waals surface area contributed by atoms with Crippen LogP contribution in [0.5, 0.6) is 5.75 Å². The molecule has 0 spiro atoms. The molecule has 1 aromatic carbocycles. The van der Waals surface area contributed by atoms with Gasteiger partial charge in [-0.25, -0.2) is 8.78 Å². The molecule has 1 unspecified atom stereocenters. The van der Waals surface area contributed by atoms with Gasteiger partial charge in [-0.15, -0.1) is 11.3 Å². The number of benzene rings is 1. The molecule has 0 aliphatic rings. The Morgan fingerprint density at radius 1 is 1.24 bits per heavy atom. The summed E-state index contributed by atoms with van der Waals surface area (Å²) >= 11 is 1.39. The maximum absolute atomic E-state index is 13.1. The van der Waals surface area contributed by atoms with Gasteiger partial charge in [0.2, 0.25) is 0 Å². The normalized spacial score (nSPS) is 12.5. The van der Waals surface area contributed by atoms with E-state index in [9.17, 15) is 8.78 Å². The van der Waals surface area contributed by atoms with Crippen LogP contribution in [0.4, 0.5) is 8.78 Å². The molecule has 0 saturated carbocycles. The van der Waals surface area contributed by atoms with Crippen molar-refractivity contribution in [3.63, 3.8) is 0 Å². The summed E-state index contributed by atoms with van der Waals surface area (Å²) in [5.41, 5.74) is 6.36. The third-order valence-electron chi connectivity index (χ3n) is 2.40. The zero-order valence-corrected chi connectivity index (χ0v) is 9.93. The van der Waals surface area contributed by atoms with Gasteiger partial charge in [-0.05, 0) is 29.1 Å². The van der Waals surface area contributed by atoms with Gasteiger partial charge in [0.15, 0.2) is 0 Å². The summed E-state index contributed by atoms with van der Waals surface area (Å²) < 4.78 is 31.3. The van der Waals surface area contributed by atoms with Crippen molar-refractivity contribution < 1.29 is 13.5 Å². The van der Waals surface area contributed by atoms with E-state index in [1.54, 1.807) is 6.07 Å². The highest BCUT2D eigenvalue weighted by molar-refractivity contribution is 7.10. The molecule has 0 radical (unpaired) electrons. The Kier molecular flexibility index (Phi) is 3.40. The molecule has 1 aromatic heterocycles. The number of methoxy groups -OCH3 is 1. The maximum atomic E-state index is 13.1. The molecule has 0 fully saturated rings. The highest BCUT2D eigenvalue weighted by atomic mass is 32.1. The fraction of sp³-hybridized carbons (Fsp3) is 0.167. The lowest BCUT2D eigenvalue weighted by Crippen LogP contribution is -2.11. The van der Waals surface area contributed by atoms with Crippen molar-refractivity contribution in [2.75, 3.05) is 7.11 Å². The molecule has 17 heavy (non-hydrogen) atoms. The van der Waals surface area contributed by atoms with Crippen LogP contribution in [0.15, 0.2) is 29.6 Å². The molecule has 2 N–H and O–H groups in total. The zero-order valence-electron chi connectivity index (χ0n) is 9.11. The lowest BCUT2D eigenvalue weighted by molar-refractivity contribution is 0.410. The molecule has 1 atom stereocenters. The smallest absolute Gasteiger partial charge is 0.134 e. The van der Waals surface area contributed by atoms with Gasteiger partial charge in [0.1, 0.15) is 17.4 Å². The first-order chi connectivity index (χ1) is 8.11. The molecule has 90 valence electrons. The Hall–Kier alpha value is -1.46. The molecule has 2 nitrogen and oxygen atoms in total. The summed E-state index contributed by atoms with van der Waals surface area (Å²) in [5.74, 6) is -0.635. The highest BCUT2D eigenvalue weighted by Gasteiger charge is 2.17. The minimum Gasteiger partial charge on any atom is -0.496 e. The van der Waals surface area contributed by atoms with E-state index in [0.717, 1.165) is 10.9 Å². The van der Waals surface area contributed by atoms with E-state index in [-0.39, 0.29) is 0 Å². The number of hydrogen-bond donors (Lipinski definition) is 1. The third kappa shape index (κ3) is 2.45. The maximum Gasteiger partial charge on any atom is 0.134 e. The van der Waals surface area contributed by atoms with E-state index in [1.165, 1.54) is 30.6 Å². The molecule has 5 heteroatoms. The van der Waals surface area contributed by atoms with Gasteiger partial charge in [0, 0.05) is 6.07 Å². The molecule has 0 saturated heterocycles. The minimum absolute atomic E-state index is 0.392. The van der Waals surface area contributed by atoms with Gasteiger partial charge in [0.25, 0.3) is 0 Å². The van der Waals surface area contributed by atoms with E-state index in [1.807, 2.05) is 5.38 Å². The standard InChI is InChI=1S/C12H11F2NOS/c1-16-10-2-3-17-12(10)11(15)7-4-8(13)6-9(14)5-7/h2-6,11H,15H2,1H3. The topological polar surface area (TPSA) is 35.2 Å². The predicted molar refractivity (Wildman–Crippen MR) is 63.3 cm³/mol. The van der Waals surface area contributed by atoms with Crippen LogP contribution >= 0.6 is 11.3 Å². The van der Waals surface area contributed by atoms with Crippen LogP contribution in [0, 0.1) is 11.6 Å². The van der Waals surface area contributed by atoms with Crippen molar-refractivity contribution in [3.05, 3.63) is 51.7 Å². The van der Waals surface area contributed by atoms with Gasteiger partial charge in [-0.2, -0.15) is 0 Å². The SMILES string of the molecule is COc1ccsc1C(N)c1cc(F)cc(F)c1. The lowest BCUT2D eigenvalue weighted by Gasteiger charge is -2.12. The van der Waals surface area contributed by atoms with Crippen LogP contribution in [0.25, 0.3) is 0 Å². The van der Waals surface area contributed by atoms with Crippen molar-refractivity contribution in [1.82, 2.24) is 0 Å². The van der Waals surface area contributed by atoms with Crippen molar-refractivity contribution >= 4 is 11.3 Å². The first kappa shape index (κ1) is 12.0. The molecule has 2 aromatic rings. The first-order valence-corrected chi connectivity index (χ1v) is 5.82. The van der Waals surface area contributed by atoms with Crippen LogP contribution in [-0.2, 0) is 0 Å². The lowest BCUT2D eigenvalue weighted by atomic mass is 10.1. The van der Waals surface area contributed by atoms with Crippen LogP contribution in [0.2, 0.25) is 0 Å². The first-order valence-electron chi connectivity index (χ1n) is 4.94. The number of nitrogens with two attached hydrogens (primary N) is 1. The highest BCUT2D eigenvalue weighted by Crippen LogP contribution is 2.33. The summed E-state index contributed by atoms with van der Waals surface area (Å²) in [4.78, 5) is 0.748. The van der Waals surface area contributed by atoms with Gasteiger partial charge in [-0.1, -0.05) is 0 Å². The van der Waals surface area contributed by atoms with Crippen molar-refractivity contribution in [3.8, 4) is 5.75 Å². The van der Waals surface area contributed by atoms with Crippen molar-refractivity contribution in [2.45, 2.75) is 6.04 Å². The second-order valence-electron chi connectivity index (χ2n) is 3.53. The van der Waals surface area contributed by atoms with Crippen LogP contribution in [-0.4, -0.2) is 7.11 Å². The molecule has 2 rings (SSSR count). The fourth-order valence-corrected chi connectivity index (χ4v) is 2.50. The van der Waals surface area contributed by atoms with Gasteiger partial charge < -0.3 is 10.5 Å². The number of halogens is 2. The number of hydrogen-bond acceptors (Lipinski definition) is 3. The van der Waals surface area contributed by atoms with Crippen molar-refractivity contribution in [2.24, 2.45) is 5.73 Å². The average Bonchev–Trinajstić information content (AvgIpc) is 2.74. The summed E-state index contributed by atoms with van der Waals surface area (Å²) in [6, 6.07) is 4.46. The molecular weight excluding hydrogens is 244 g/mol. The third-order valence-corrected chi connectivity index (χ3v) is 3.38. The minimum atomic E-state index is -0.633. The molecule has 0 bridgehead atoms. The number of thiophene rings is 1. The average molecular weight is 255 g/mol. The molecule has 0 amide bonds. The molecule has 0 aliphatic heterocycles. The van der Waals surface area contributed by atoms with Gasteiger partial charge >= 0.3 is 0 Å². The Labute approximate surface area is 102 Å². The summed E-state index contributed by atoms with van der Waals surface area (Å²) in [6.07, 6.45) is 0. The fourth-order valence-electron chi connectivity index (χ4n) is 1.61. The zero-order chi connectivity index (χ0) is 12.4. The second-order valence-corrected chi connectivity index (χ2v) is 4.48. The Morgan fingerprint density at radius 3 is 2.47 bits per heavy atom. The Bertz CT molecular complexity index is 507. The quantitative estimate of drug-likeness (QED) is 0.914. The van der Waals surface area contributed by atoms with Crippen LogP contribution in [0.1, 0.15) is 16.5 Å². The summed E-state index contributed by atoms with van der Waals surface area (Å²) in [7, 11) is 1.53. The number of rotatable bonds is 3. The monoisotopic (exact) mass is 255 g/mol. The van der Waals surface area contributed by atoms with E-state index in [4.69, 9.17) is 10.5 Å². The van der Waals surface area contributed by atoms with E-state index >= 15 is 0 Å². The van der Waals surface area contributed by atoms with Crippen molar-refractivity contribution in [1.29, 1.82) is 0 Å². The molecule has 1 heterocycles. The van der Waals surface area contributed by atoms with Crippen LogP contribution < -0.4 is 10.5 Å².